The molecular weight excluding hydrogens is 633 g/mol. The standard InChI is InChI=1S/2C21H20S2/c2*1-3-7-18(8-4-1)22-20-12-16-11-17(13-20)15-21(14-16)23-19-9-5-2-6-10-19/h1-10,12,15-17H,11,13-14H2;1-10,12,14,16-17H,11,13,15H2. The predicted octanol–water partition coefficient (Wildman–Crippen LogP) is 13.5. The van der Waals surface area contributed by atoms with Crippen molar-refractivity contribution in [3.05, 3.63) is 165 Å². The topological polar surface area (TPSA) is 0 Å². The van der Waals surface area contributed by atoms with Crippen molar-refractivity contribution in [2.24, 2.45) is 23.7 Å². The summed E-state index contributed by atoms with van der Waals surface area (Å²) in [4.78, 5) is 11.7. The van der Waals surface area contributed by atoms with Crippen LogP contribution in [0.5, 0.6) is 0 Å². The lowest BCUT2D eigenvalue weighted by atomic mass is 9.80. The highest BCUT2D eigenvalue weighted by molar-refractivity contribution is 8.03. The molecule has 0 amide bonds. The van der Waals surface area contributed by atoms with Crippen molar-refractivity contribution in [3.63, 3.8) is 0 Å². The van der Waals surface area contributed by atoms with Crippen molar-refractivity contribution >= 4 is 47.0 Å². The van der Waals surface area contributed by atoms with Gasteiger partial charge < -0.3 is 0 Å². The molecule has 0 nitrogen and oxygen atoms in total. The molecule has 4 heteroatoms. The maximum absolute atomic E-state index is 2.53. The molecule has 0 aliphatic heterocycles. The quantitative estimate of drug-likeness (QED) is 0.183. The zero-order valence-electron chi connectivity index (χ0n) is 26.0. The third-order valence-electron chi connectivity index (χ3n) is 8.73. The van der Waals surface area contributed by atoms with E-state index in [1.165, 1.54) is 58.1 Å². The van der Waals surface area contributed by atoms with Crippen molar-refractivity contribution in [3.8, 4) is 0 Å². The second kappa shape index (κ2) is 15.9. The van der Waals surface area contributed by atoms with E-state index >= 15 is 0 Å². The minimum atomic E-state index is 0.625. The van der Waals surface area contributed by atoms with Crippen LogP contribution in [-0.2, 0) is 0 Å². The van der Waals surface area contributed by atoms with E-state index in [0.29, 0.717) is 5.92 Å². The van der Waals surface area contributed by atoms with Gasteiger partial charge in [-0.25, -0.2) is 0 Å². The SMILES string of the molecule is C1=C(Sc2ccccc2)CC2C=C(Sc3ccccc3)CC1C2.C1=C(Sc2ccccc2)CC2CC(Sc3ccccc3)=CC1C2. The predicted molar refractivity (Wildman–Crippen MR) is 203 cm³/mol. The van der Waals surface area contributed by atoms with E-state index in [2.05, 4.69) is 146 Å². The van der Waals surface area contributed by atoms with Gasteiger partial charge in [0.05, 0.1) is 0 Å². The summed E-state index contributed by atoms with van der Waals surface area (Å²) in [5.74, 6) is 2.87. The minimum Gasteiger partial charge on any atom is -0.0949 e. The van der Waals surface area contributed by atoms with E-state index in [0.717, 1.165) is 17.8 Å². The summed E-state index contributed by atoms with van der Waals surface area (Å²) < 4.78 is 0. The summed E-state index contributed by atoms with van der Waals surface area (Å²) in [5.41, 5.74) is 0. The Morgan fingerprint density at radius 1 is 0.348 bits per heavy atom. The van der Waals surface area contributed by atoms with Crippen LogP contribution in [0.1, 0.15) is 38.5 Å². The van der Waals surface area contributed by atoms with Crippen LogP contribution in [-0.4, -0.2) is 0 Å². The van der Waals surface area contributed by atoms with E-state index in [9.17, 15) is 0 Å². The van der Waals surface area contributed by atoms with E-state index in [-0.39, 0.29) is 0 Å². The monoisotopic (exact) mass is 672 g/mol. The van der Waals surface area contributed by atoms with Crippen molar-refractivity contribution in [1.82, 2.24) is 0 Å². The molecule has 2 atom stereocenters. The molecule has 4 aliphatic rings. The highest BCUT2D eigenvalue weighted by atomic mass is 32.2. The fraction of sp³-hybridized carbons (Fsp3) is 0.238. The van der Waals surface area contributed by atoms with E-state index in [1.807, 2.05) is 47.0 Å². The number of allylic oxidation sites excluding steroid dienone is 8. The van der Waals surface area contributed by atoms with Crippen molar-refractivity contribution < 1.29 is 0 Å². The smallest absolute Gasteiger partial charge is 0.0118 e. The Kier molecular flexibility index (Phi) is 11.0. The fourth-order valence-corrected chi connectivity index (χ4v) is 11.5. The van der Waals surface area contributed by atoms with Gasteiger partial charge >= 0.3 is 0 Å². The molecule has 0 spiro atoms. The summed E-state index contributed by atoms with van der Waals surface area (Å²) in [6, 6.07) is 43.0. The van der Waals surface area contributed by atoms with E-state index in [4.69, 9.17) is 0 Å². The molecule has 232 valence electrons. The number of thioether (sulfide) groups is 4. The zero-order chi connectivity index (χ0) is 31.0. The third kappa shape index (κ3) is 9.19. The number of fused-ring (bicyclic) bond motifs is 4. The first-order chi connectivity index (χ1) is 22.7. The summed E-state index contributed by atoms with van der Waals surface area (Å²) in [5, 5.41) is 0. The van der Waals surface area contributed by atoms with Crippen LogP contribution in [0.4, 0.5) is 0 Å². The number of hydrogen-bond donors (Lipinski definition) is 0. The molecule has 0 N–H and O–H groups in total. The van der Waals surface area contributed by atoms with Gasteiger partial charge in [0.1, 0.15) is 0 Å². The second-order valence-corrected chi connectivity index (χ2v) is 17.3. The lowest BCUT2D eigenvalue weighted by Crippen LogP contribution is -2.17. The Labute approximate surface area is 292 Å². The summed E-state index contributed by atoms with van der Waals surface area (Å²) >= 11 is 7.81. The molecule has 0 heterocycles. The maximum Gasteiger partial charge on any atom is 0.0118 e. The van der Waals surface area contributed by atoms with Crippen LogP contribution < -0.4 is 0 Å². The fourth-order valence-electron chi connectivity index (χ4n) is 6.84. The zero-order valence-corrected chi connectivity index (χ0v) is 29.3. The molecular formula is C42H40S4. The lowest BCUT2D eigenvalue weighted by Gasteiger charge is -2.32. The summed E-state index contributed by atoms with van der Waals surface area (Å²) in [7, 11) is 0. The molecule has 0 aromatic heterocycles. The van der Waals surface area contributed by atoms with Gasteiger partial charge in [-0.15, -0.1) is 0 Å². The first-order valence-electron chi connectivity index (χ1n) is 16.4. The van der Waals surface area contributed by atoms with Gasteiger partial charge in [-0.05, 0) is 130 Å². The van der Waals surface area contributed by atoms with Crippen LogP contribution >= 0.6 is 47.0 Å². The summed E-state index contributed by atoms with van der Waals surface area (Å²) in [6.07, 6.45) is 17.6. The van der Waals surface area contributed by atoms with Crippen LogP contribution in [0.2, 0.25) is 0 Å². The Morgan fingerprint density at radius 3 is 1.00 bits per heavy atom. The largest absolute Gasteiger partial charge is 0.0949 e. The van der Waals surface area contributed by atoms with Gasteiger partial charge in [0, 0.05) is 19.6 Å². The van der Waals surface area contributed by atoms with Crippen molar-refractivity contribution in [2.45, 2.75) is 58.1 Å². The summed E-state index contributed by atoms with van der Waals surface area (Å²) in [6.45, 7) is 0. The van der Waals surface area contributed by atoms with Gasteiger partial charge in [0.25, 0.3) is 0 Å². The molecule has 4 aliphatic carbocycles. The van der Waals surface area contributed by atoms with Crippen LogP contribution in [0.3, 0.4) is 0 Å². The molecule has 0 radical (unpaired) electrons. The molecule has 0 saturated heterocycles. The Hall–Kier alpha value is -2.76. The van der Waals surface area contributed by atoms with Gasteiger partial charge in [-0.3, -0.25) is 0 Å². The molecule has 2 unspecified atom stereocenters. The van der Waals surface area contributed by atoms with Crippen LogP contribution in [0.25, 0.3) is 0 Å². The van der Waals surface area contributed by atoms with Gasteiger partial charge in [-0.1, -0.05) is 144 Å². The van der Waals surface area contributed by atoms with Gasteiger partial charge in [0.2, 0.25) is 0 Å². The minimum absolute atomic E-state index is 0.625. The third-order valence-corrected chi connectivity index (χ3v) is 13.0. The molecule has 0 fully saturated rings. The van der Waals surface area contributed by atoms with E-state index < -0.39 is 0 Å². The van der Waals surface area contributed by atoms with Crippen LogP contribution in [0.15, 0.2) is 185 Å². The molecule has 4 aromatic rings. The Bertz CT molecular complexity index is 1570. The van der Waals surface area contributed by atoms with Crippen molar-refractivity contribution in [1.29, 1.82) is 0 Å². The Morgan fingerprint density at radius 2 is 0.674 bits per heavy atom. The highest BCUT2D eigenvalue weighted by Gasteiger charge is 2.28. The number of rotatable bonds is 8. The highest BCUT2D eigenvalue weighted by Crippen LogP contribution is 2.48. The molecule has 4 aromatic carbocycles. The van der Waals surface area contributed by atoms with E-state index in [1.54, 1.807) is 19.6 Å². The van der Waals surface area contributed by atoms with Crippen molar-refractivity contribution in [2.75, 3.05) is 0 Å². The average molecular weight is 673 g/mol. The lowest BCUT2D eigenvalue weighted by molar-refractivity contribution is 0.414. The molecule has 46 heavy (non-hydrogen) atoms. The molecule has 4 bridgehead atoms. The number of benzene rings is 4. The van der Waals surface area contributed by atoms with Crippen LogP contribution in [0, 0.1) is 23.7 Å². The number of hydrogen-bond acceptors (Lipinski definition) is 4. The molecule has 8 rings (SSSR count). The molecule has 0 saturated carbocycles. The van der Waals surface area contributed by atoms with Gasteiger partial charge in [-0.2, -0.15) is 0 Å². The maximum atomic E-state index is 2.53. The normalized spacial score (nSPS) is 23.1. The average Bonchev–Trinajstić information content (AvgIpc) is 3.06. The van der Waals surface area contributed by atoms with Gasteiger partial charge in [0.15, 0.2) is 0 Å². The first-order valence-corrected chi connectivity index (χ1v) is 19.7. The Balaban J connectivity index is 0.000000147. The first kappa shape index (κ1) is 31.8. The second-order valence-electron chi connectivity index (χ2n) is 12.5.